The maximum Gasteiger partial charge on any atom is 0.0806 e. The van der Waals surface area contributed by atoms with Crippen molar-refractivity contribution in [2.24, 2.45) is 0 Å². The van der Waals surface area contributed by atoms with E-state index in [-0.39, 0.29) is 6.10 Å². The second-order valence-electron chi connectivity index (χ2n) is 3.81. The number of unbranched alkanes of at least 4 members (excludes halogenated alkanes) is 1. The third kappa shape index (κ3) is 7.34. The van der Waals surface area contributed by atoms with Gasteiger partial charge in [-0.2, -0.15) is 0 Å². The monoisotopic (exact) mass is 202 g/mol. The van der Waals surface area contributed by atoms with Crippen LogP contribution in [0.2, 0.25) is 0 Å². The molecule has 0 aromatic rings. The van der Waals surface area contributed by atoms with Crippen LogP contribution in [0.1, 0.15) is 53.4 Å². The van der Waals surface area contributed by atoms with Crippen molar-refractivity contribution >= 4 is 0 Å². The maximum atomic E-state index is 5.70. The first-order valence-electron chi connectivity index (χ1n) is 5.97. The molecular formula is C12H26O2. The van der Waals surface area contributed by atoms with Crippen molar-refractivity contribution in [1.82, 2.24) is 0 Å². The number of ether oxygens (including phenoxy) is 2. The number of hydrogen-bond acceptors (Lipinski definition) is 2. The van der Waals surface area contributed by atoms with Crippen LogP contribution in [0, 0.1) is 0 Å². The van der Waals surface area contributed by atoms with Gasteiger partial charge in [-0.05, 0) is 26.2 Å². The highest BCUT2D eigenvalue weighted by atomic mass is 16.5. The summed E-state index contributed by atoms with van der Waals surface area (Å²) in [5, 5.41) is 0. The molecule has 86 valence electrons. The minimum atomic E-state index is 0.288. The van der Waals surface area contributed by atoms with Crippen molar-refractivity contribution in [3.05, 3.63) is 0 Å². The normalized spacial score (nSPS) is 15.4. The smallest absolute Gasteiger partial charge is 0.0806 e. The van der Waals surface area contributed by atoms with Crippen LogP contribution in [0.4, 0.5) is 0 Å². The quantitative estimate of drug-likeness (QED) is 0.533. The average molecular weight is 202 g/mol. The molecule has 0 fully saturated rings. The fraction of sp³-hybridized carbons (Fsp3) is 1.00. The predicted octanol–water partition coefficient (Wildman–Crippen LogP) is 3.40. The van der Waals surface area contributed by atoms with E-state index < -0.39 is 0 Å². The largest absolute Gasteiger partial charge is 0.376 e. The maximum absolute atomic E-state index is 5.70. The first-order valence-corrected chi connectivity index (χ1v) is 5.97. The zero-order valence-corrected chi connectivity index (χ0v) is 10.2. The molecule has 0 saturated heterocycles. The molecule has 0 radical (unpaired) electrons. The van der Waals surface area contributed by atoms with E-state index in [1.165, 1.54) is 6.42 Å². The molecule has 0 N–H and O–H groups in total. The molecule has 0 rings (SSSR count). The molecule has 2 unspecified atom stereocenters. The molecule has 0 aromatic carbocycles. The molecule has 0 aliphatic carbocycles. The Morgan fingerprint density at radius 1 is 1.00 bits per heavy atom. The van der Waals surface area contributed by atoms with Crippen molar-refractivity contribution in [1.29, 1.82) is 0 Å². The summed E-state index contributed by atoms with van der Waals surface area (Å²) in [5.41, 5.74) is 0. The fourth-order valence-corrected chi connectivity index (χ4v) is 1.07. The Morgan fingerprint density at radius 2 is 1.71 bits per heavy atom. The summed E-state index contributed by atoms with van der Waals surface area (Å²) >= 11 is 0. The molecule has 0 heterocycles. The van der Waals surface area contributed by atoms with E-state index in [1.807, 2.05) is 0 Å². The van der Waals surface area contributed by atoms with E-state index in [1.54, 1.807) is 0 Å². The van der Waals surface area contributed by atoms with Gasteiger partial charge in [-0.3, -0.25) is 0 Å². The van der Waals surface area contributed by atoms with Crippen LogP contribution in [0.15, 0.2) is 0 Å². The standard InChI is InChI=1S/C12H26O2/c1-5-8-9-13-12(7-3)10-14-11(4)6-2/h11-12H,5-10H2,1-4H3. The van der Waals surface area contributed by atoms with Crippen LogP contribution in [0.25, 0.3) is 0 Å². The van der Waals surface area contributed by atoms with E-state index in [9.17, 15) is 0 Å². The van der Waals surface area contributed by atoms with Crippen LogP contribution in [0.3, 0.4) is 0 Å². The van der Waals surface area contributed by atoms with Gasteiger partial charge < -0.3 is 9.47 Å². The van der Waals surface area contributed by atoms with E-state index >= 15 is 0 Å². The van der Waals surface area contributed by atoms with Crippen molar-refractivity contribution in [2.45, 2.75) is 65.6 Å². The van der Waals surface area contributed by atoms with E-state index in [2.05, 4.69) is 27.7 Å². The van der Waals surface area contributed by atoms with E-state index in [0.717, 1.165) is 32.5 Å². The summed E-state index contributed by atoms with van der Waals surface area (Å²) in [6.07, 6.45) is 5.11. The Kier molecular flexibility index (Phi) is 9.42. The third-order valence-electron chi connectivity index (χ3n) is 2.45. The summed E-state index contributed by atoms with van der Waals surface area (Å²) < 4.78 is 11.4. The summed E-state index contributed by atoms with van der Waals surface area (Å²) in [4.78, 5) is 0. The molecule has 0 aromatic heterocycles. The minimum Gasteiger partial charge on any atom is -0.376 e. The van der Waals surface area contributed by atoms with Gasteiger partial charge in [0.1, 0.15) is 0 Å². The van der Waals surface area contributed by atoms with Gasteiger partial charge >= 0.3 is 0 Å². The highest BCUT2D eigenvalue weighted by Crippen LogP contribution is 2.04. The highest BCUT2D eigenvalue weighted by Gasteiger charge is 2.08. The van der Waals surface area contributed by atoms with Gasteiger partial charge in [-0.1, -0.05) is 27.2 Å². The lowest BCUT2D eigenvalue weighted by molar-refractivity contribution is -0.0420. The minimum absolute atomic E-state index is 0.288. The zero-order chi connectivity index (χ0) is 10.8. The number of rotatable bonds is 9. The lowest BCUT2D eigenvalue weighted by atomic mass is 10.2. The second-order valence-corrected chi connectivity index (χ2v) is 3.81. The topological polar surface area (TPSA) is 18.5 Å². The average Bonchev–Trinajstić information content (AvgIpc) is 2.22. The summed E-state index contributed by atoms with van der Waals surface area (Å²) in [6.45, 7) is 10.2. The lowest BCUT2D eigenvalue weighted by Gasteiger charge is -2.18. The fourth-order valence-electron chi connectivity index (χ4n) is 1.07. The van der Waals surface area contributed by atoms with Gasteiger partial charge in [0.15, 0.2) is 0 Å². The van der Waals surface area contributed by atoms with Gasteiger partial charge in [-0.25, -0.2) is 0 Å². The van der Waals surface area contributed by atoms with Crippen molar-refractivity contribution < 1.29 is 9.47 Å². The Hall–Kier alpha value is -0.0800. The molecule has 2 heteroatoms. The van der Waals surface area contributed by atoms with Gasteiger partial charge in [0.2, 0.25) is 0 Å². The molecule has 14 heavy (non-hydrogen) atoms. The molecule has 0 saturated carbocycles. The molecule has 2 atom stereocenters. The summed E-state index contributed by atoms with van der Waals surface area (Å²) in [5.74, 6) is 0. The zero-order valence-electron chi connectivity index (χ0n) is 10.2. The molecule has 0 aliphatic rings. The Morgan fingerprint density at radius 3 is 2.21 bits per heavy atom. The lowest BCUT2D eigenvalue weighted by Crippen LogP contribution is -2.22. The molecule has 0 spiro atoms. The van der Waals surface area contributed by atoms with Crippen LogP contribution >= 0.6 is 0 Å². The molecule has 0 aliphatic heterocycles. The van der Waals surface area contributed by atoms with Crippen molar-refractivity contribution in [3.63, 3.8) is 0 Å². The van der Waals surface area contributed by atoms with E-state index in [0.29, 0.717) is 6.10 Å². The Labute approximate surface area is 89.0 Å². The van der Waals surface area contributed by atoms with Crippen molar-refractivity contribution in [3.8, 4) is 0 Å². The van der Waals surface area contributed by atoms with Gasteiger partial charge in [-0.15, -0.1) is 0 Å². The summed E-state index contributed by atoms with van der Waals surface area (Å²) in [7, 11) is 0. The van der Waals surface area contributed by atoms with Gasteiger partial charge in [0, 0.05) is 6.61 Å². The third-order valence-corrected chi connectivity index (χ3v) is 2.45. The first kappa shape index (κ1) is 13.9. The second kappa shape index (κ2) is 9.47. The molecular weight excluding hydrogens is 176 g/mol. The van der Waals surface area contributed by atoms with Gasteiger partial charge in [0.25, 0.3) is 0 Å². The highest BCUT2D eigenvalue weighted by molar-refractivity contribution is 4.55. The van der Waals surface area contributed by atoms with Gasteiger partial charge in [0.05, 0.1) is 18.8 Å². The first-order chi connectivity index (χ1) is 6.74. The van der Waals surface area contributed by atoms with Crippen molar-refractivity contribution in [2.75, 3.05) is 13.2 Å². The Balaban J connectivity index is 3.47. The number of hydrogen-bond donors (Lipinski definition) is 0. The summed E-state index contributed by atoms with van der Waals surface area (Å²) in [6, 6.07) is 0. The Bertz CT molecular complexity index is 115. The predicted molar refractivity (Wildman–Crippen MR) is 60.6 cm³/mol. The van der Waals surface area contributed by atoms with E-state index in [4.69, 9.17) is 9.47 Å². The molecule has 0 amide bonds. The molecule has 2 nitrogen and oxygen atoms in total. The SMILES string of the molecule is CCCCOC(CC)COC(C)CC. The molecule has 0 bridgehead atoms. The van der Waals surface area contributed by atoms with Crippen LogP contribution in [0.5, 0.6) is 0 Å². The van der Waals surface area contributed by atoms with Crippen LogP contribution < -0.4 is 0 Å². The van der Waals surface area contributed by atoms with Crippen LogP contribution in [-0.4, -0.2) is 25.4 Å². The van der Waals surface area contributed by atoms with Crippen LogP contribution in [-0.2, 0) is 9.47 Å².